The Kier molecular flexibility index (Phi) is 3.78. The first-order chi connectivity index (χ1) is 14.6. The van der Waals surface area contributed by atoms with Gasteiger partial charge in [0.05, 0.1) is 30.7 Å². The standard InChI is InChI=1S/C23H19ClN2O4/c1-29-18-6-2-11(24)8-17(18)19-7-3-12(30-19)10-25-26-22(27)20-13-4-5-14(16-9-15(13)16)21(20)23(26)28/h2-8,10,13-16,20-21H,9H2,1H3/b25-10-/t13-,14-,15-,16+,20+,21-/m1/s1. The molecule has 1 aromatic heterocycles. The largest absolute Gasteiger partial charge is 0.496 e. The lowest BCUT2D eigenvalue weighted by Crippen LogP contribution is -2.40. The van der Waals surface area contributed by atoms with E-state index in [1.165, 1.54) is 6.21 Å². The van der Waals surface area contributed by atoms with E-state index in [1.54, 1.807) is 37.4 Å². The highest BCUT2D eigenvalue weighted by Gasteiger charge is 2.67. The molecule has 0 radical (unpaired) electrons. The number of hydrogen-bond donors (Lipinski definition) is 0. The minimum absolute atomic E-state index is 0.186. The van der Waals surface area contributed by atoms with E-state index < -0.39 is 0 Å². The lowest BCUT2D eigenvalue weighted by molar-refractivity contribution is -0.140. The van der Waals surface area contributed by atoms with E-state index in [0.29, 0.717) is 39.7 Å². The van der Waals surface area contributed by atoms with Crippen LogP contribution in [-0.2, 0) is 9.59 Å². The number of amides is 2. The van der Waals surface area contributed by atoms with Gasteiger partial charge in [0.25, 0.3) is 11.8 Å². The summed E-state index contributed by atoms with van der Waals surface area (Å²) in [4.78, 5) is 25.9. The molecule has 6 nitrogen and oxygen atoms in total. The Morgan fingerprint density at radius 3 is 2.47 bits per heavy atom. The Morgan fingerprint density at radius 1 is 1.10 bits per heavy atom. The van der Waals surface area contributed by atoms with Gasteiger partial charge in [0.1, 0.15) is 17.3 Å². The molecule has 0 N–H and O–H groups in total. The van der Waals surface area contributed by atoms with Crippen molar-refractivity contribution in [3.8, 4) is 17.1 Å². The summed E-state index contributed by atoms with van der Waals surface area (Å²) < 4.78 is 11.2. The molecule has 2 saturated carbocycles. The number of rotatable bonds is 4. The van der Waals surface area contributed by atoms with E-state index in [2.05, 4.69) is 17.3 Å². The second-order valence-electron chi connectivity index (χ2n) is 8.43. The predicted octanol–water partition coefficient (Wildman–Crippen LogP) is 4.00. The van der Waals surface area contributed by atoms with Crippen LogP contribution in [0.1, 0.15) is 12.2 Å². The highest BCUT2D eigenvalue weighted by molar-refractivity contribution is 6.31. The average molecular weight is 423 g/mol. The molecule has 30 heavy (non-hydrogen) atoms. The van der Waals surface area contributed by atoms with Gasteiger partial charge in [-0.05, 0) is 60.4 Å². The van der Waals surface area contributed by atoms with Crippen LogP contribution in [0.2, 0.25) is 5.02 Å². The first-order valence-corrected chi connectivity index (χ1v) is 10.5. The molecule has 4 aliphatic carbocycles. The molecule has 2 bridgehead atoms. The van der Waals surface area contributed by atoms with Crippen LogP contribution >= 0.6 is 11.6 Å². The molecule has 1 saturated heterocycles. The second-order valence-corrected chi connectivity index (χ2v) is 8.87. The van der Waals surface area contributed by atoms with Gasteiger partial charge in [-0.2, -0.15) is 10.1 Å². The van der Waals surface area contributed by atoms with Crippen LogP contribution < -0.4 is 4.74 Å². The maximum atomic E-state index is 13.0. The number of hydrazone groups is 1. The minimum atomic E-state index is -0.253. The molecule has 2 amide bonds. The minimum Gasteiger partial charge on any atom is -0.496 e. The number of carbonyl (C=O) groups excluding carboxylic acids is 2. The number of hydrogen-bond acceptors (Lipinski definition) is 5. The van der Waals surface area contributed by atoms with Gasteiger partial charge in [-0.3, -0.25) is 9.59 Å². The van der Waals surface area contributed by atoms with Crippen molar-refractivity contribution in [2.24, 2.45) is 40.6 Å². The van der Waals surface area contributed by atoms with Crippen LogP contribution in [0.4, 0.5) is 0 Å². The van der Waals surface area contributed by atoms with Crippen LogP contribution in [0.5, 0.6) is 5.75 Å². The highest BCUT2D eigenvalue weighted by atomic mass is 35.5. The summed E-state index contributed by atoms with van der Waals surface area (Å²) in [6.07, 6.45) is 6.86. The monoisotopic (exact) mass is 422 g/mol. The Balaban J connectivity index is 1.26. The Hall–Kier alpha value is -2.86. The molecule has 6 atom stereocenters. The van der Waals surface area contributed by atoms with E-state index in [4.69, 9.17) is 20.8 Å². The summed E-state index contributed by atoms with van der Waals surface area (Å²) in [5, 5.41) is 5.83. The van der Waals surface area contributed by atoms with Gasteiger partial charge < -0.3 is 9.15 Å². The quantitative estimate of drug-likeness (QED) is 0.424. The molecule has 3 fully saturated rings. The summed E-state index contributed by atoms with van der Waals surface area (Å²) >= 11 is 6.10. The fraction of sp³-hybridized carbons (Fsp3) is 0.348. The molecule has 2 aromatic rings. The summed E-state index contributed by atoms with van der Waals surface area (Å²) in [6.45, 7) is 0. The number of allylic oxidation sites excluding steroid dienone is 2. The van der Waals surface area contributed by atoms with Crippen molar-refractivity contribution in [2.45, 2.75) is 6.42 Å². The van der Waals surface area contributed by atoms with Crippen LogP contribution in [0.15, 0.2) is 52.0 Å². The van der Waals surface area contributed by atoms with Gasteiger partial charge in [0.15, 0.2) is 0 Å². The van der Waals surface area contributed by atoms with Crippen molar-refractivity contribution in [1.29, 1.82) is 0 Å². The predicted molar refractivity (Wildman–Crippen MR) is 110 cm³/mol. The molecule has 0 spiro atoms. The Bertz CT molecular complexity index is 1100. The van der Waals surface area contributed by atoms with Crippen LogP contribution in [0.3, 0.4) is 0 Å². The fourth-order valence-corrected chi connectivity index (χ4v) is 5.78. The summed E-state index contributed by atoms with van der Waals surface area (Å²) in [5.41, 5.74) is 0.714. The van der Waals surface area contributed by atoms with Gasteiger partial charge in [0, 0.05) is 5.02 Å². The van der Waals surface area contributed by atoms with E-state index in [-0.39, 0.29) is 35.5 Å². The third-order valence-corrected chi connectivity index (χ3v) is 7.23. The zero-order chi connectivity index (χ0) is 20.6. The molecule has 0 unspecified atom stereocenters. The van der Waals surface area contributed by atoms with Crippen LogP contribution in [0.25, 0.3) is 11.3 Å². The number of furan rings is 1. The van der Waals surface area contributed by atoms with Gasteiger partial charge in [-0.1, -0.05) is 23.8 Å². The molecular weight excluding hydrogens is 404 g/mol. The fourth-order valence-electron chi connectivity index (χ4n) is 5.61. The van der Waals surface area contributed by atoms with E-state index >= 15 is 0 Å². The van der Waals surface area contributed by atoms with Crippen molar-refractivity contribution < 1.29 is 18.7 Å². The number of carbonyl (C=O) groups is 2. The number of ether oxygens (including phenoxy) is 1. The molecule has 5 aliphatic rings. The van der Waals surface area contributed by atoms with Gasteiger partial charge in [0.2, 0.25) is 0 Å². The second kappa shape index (κ2) is 6.32. The molecule has 1 aromatic carbocycles. The van der Waals surface area contributed by atoms with E-state index in [9.17, 15) is 9.59 Å². The van der Waals surface area contributed by atoms with E-state index in [0.717, 1.165) is 11.4 Å². The maximum absolute atomic E-state index is 13.0. The first-order valence-electron chi connectivity index (χ1n) is 10.1. The summed E-state index contributed by atoms with van der Waals surface area (Å²) in [6, 6.07) is 8.78. The zero-order valence-electron chi connectivity index (χ0n) is 16.2. The zero-order valence-corrected chi connectivity index (χ0v) is 17.0. The van der Waals surface area contributed by atoms with Crippen molar-refractivity contribution in [1.82, 2.24) is 5.01 Å². The average Bonchev–Trinajstić information content (AvgIpc) is 3.39. The number of nitrogens with zero attached hydrogens (tertiary/aromatic N) is 2. The van der Waals surface area contributed by atoms with E-state index in [1.807, 2.05) is 0 Å². The number of halogens is 1. The van der Waals surface area contributed by atoms with Crippen LogP contribution in [0, 0.1) is 35.5 Å². The Labute approximate surface area is 178 Å². The van der Waals surface area contributed by atoms with Crippen molar-refractivity contribution in [3.05, 3.63) is 53.3 Å². The smallest absolute Gasteiger partial charge is 0.254 e. The van der Waals surface area contributed by atoms with Crippen LogP contribution in [-0.4, -0.2) is 30.1 Å². The van der Waals surface area contributed by atoms with Gasteiger partial charge in [-0.25, -0.2) is 0 Å². The molecular formula is C23H19ClN2O4. The summed E-state index contributed by atoms with van der Waals surface area (Å²) in [7, 11) is 1.58. The van der Waals surface area contributed by atoms with Gasteiger partial charge >= 0.3 is 0 Å². The molecule has 152 valence electrons. The lowest BCUT2D eigenvalue weighted by atomic mass is 9.63. The Morgan fingerprint density at radius 2 is 1.80 bits per heavy atom. The molecule has 2 heterocycles. The summed E-state index contributed by atoms with van der Waals surface area (Å²) in [5.74, 6) is 2.27. The number of benzene rings is 1. The number of imide groups is 1. The molecule has 7 heteroatoms. The third kappa shape index (κ3) is 2.46. The topological polar surface area (TPSA) is 72.1 Å². The first kappa shape index (κ1) is 18.0. The lowest BCUT2D eigenvalue weighted by Gasteiger charge is -2.37. The van der Waals surface area contributed by atoms with Crippen molar-refractivity contribution >= 4 is 29.6 Å². The molecule has 1 aliphatic heterocycles. The van der Waals surface area contributed by atoms with Gasteiger partial charge in [-0.15, -0.1) is 0 Å². The van der Waals surface area contributed by atoms with Crippen molar-refractivity contribution in [3.63, 3.8) is 0 Å². The maximum Gasteiger partial charge on any atom is 0.254 e. The third-order valence-electron chi connectivity index (χ3n) is 6.99. The van der Waals surface area contributed by atoms with Crippen molar-refractivity contribution in [2.75, 3.05) is 7.11 Å². The molecule has 7 rings (SSSR count). The highest BCUT2D eigenvalue weighted by Crippen LogP contribution is 2.65. The number of methoxy groups -OCH3 is 1. The SMILES string of the molecule is COc1ccc(Cl)cc1-c1ccc(/C=N\N2C(=O)[C@@H]3[C@@H]4C=C[C@H]([C@H]5C[C@@H]45)[C@@H]3C2=O)o1. The normalized spacial score (nSPS) is 33.3.